The second-order valence-electron chi connectivity index (χ2n) is 5.16. The summed E-state index contributed by atoms with van der Waals surface area (Å²) >= 11 is 0. The molecule has 0 amide bonds. The summed E-state index contributed by atoms with van der Waals surface area (Å²) in [5.74, 6) is 0. The van der Waals surface area contributed by atoms with Gasteiger partial charge in [-0.1, -0.05) is 52.9 Å². The summed E-state index contributed by atoms with van der Waals surface area (Å²) < 4.78 is 0. The first-order valence-corrected chi connectivity index (χ1v) is 7.64. The van der Waals surface area contributed by atoms with E-state index < -0.39 is 0 Å². The van der Waals surface area contributed by atoms with Crippen LogP contribution in [-0.2, 0) is 0 Å². The molecule has 2 heteroatoms. The Morgan fingerprint density at radius 1 is 0.824 bits per heavy atom. The van der Waals surface area contributed by atoms with Crippen LogP contribution < -0.4 is 0 Å². The molecule has 0 saturated heterocycles. The molecule has 0 aliphatic rings. The Balaban J connectivity index is 3.82. The molecule has 0 radical (unpaired) electrons. The van der Waals surface area contributed by atoms with Gasteiger partial charge in [0.1, 0.15) is 0 Å². The Morgan fingerprint density at radius 2 is 1.35 bits per heavy atom. The van der Waals surface area contributed by atoms with Gasteiger partial charge in [0.2, 0.25) is 0 Å². The van der Waals surface area contributed by atoms with Gasteiger partial charge in [-0.05, 0) is 32.4 Å². The first kappa shape index (κ1) is 16.9. The molecule has 0 aromatic rings. The zero-order valence-electron chi connectivity index (χ0n) is 12.2. The number of hydrogen-bond acceptors (Lipinski definition) is 2. The van der Waals surface area contributed by atoms with E-state index in [-0.39, 0.29) is 6.10 Å². The number of rotatable bonds is 12. The van der Waals surface area contributed by atoms with Crippen molar-refractivity contribution in [2.45, 2.75) is 78.2 Å². The highest BCUT2D eigenvalue weighted by Crippen LogP contribution is 2.06. The Labute approximate surface area is 108 Å². The SMILES string of the molecule is CCCCCN(CCCCC)CC(O)CCC. The van der Waals surface area contributed by atoms with E-state index in [1.807, 2.05) is 0 Å². The fourth-order valence-corrected chi connectivity index (χ4v) is 2.19. The van der Waals surface area contributed by atoms with Crippen molar-refractivity contribution in [2.75, 3.05) is 19.6 Å². The smallest absolute Gasteiger partial charge is 0.0667 e. The van der Waals surface area contributed by atoms with Gasteiger partial charge >= 0.3 is 0 Å². The Hall–Kier alpha value is -0.0800. The highest BCUT2D eigenvalue weighted by molar-refractivity contribution is 4.65. The van der Waals surface area contributed by atoms with Gasteiger partial charge in [0, 0.05) is 6.54 Å². The third-order valence-electron chi connectivity index (χ3n) is 3.25. The molecule has 0 aromatic heterocycles. The van der Waals surface area contributed by atoms with E-state index in [1.165, 1.54) is 51.6 Å². The number of nitrogens with zero attached hydrogens (tertiary/aromatic N) is 1. The van der Waals surface area contributed by atoms with Crippen molar-refractivity contribution >= 4 is 0 Å². The third kappa shape index (κ3) is 10.8. The second kappa shape index (κ2) is 12.4. The summed E-state index contributed by atoms with van der Waals surface area (Å²) in [5.41, 5.74) is 0. The molecular weight excluding hydrogens is 210 g/mol. The van der Waals surface area contributed by atoms with Crippen molar-refractivity contribution in [2.24, 2.45) is 0 Å². The van der Waals surface area contributed by atoms with E-state index in [4.69, 9.17) is 0 Å². The van der Waals surface area contributed by atoms with Crippen LogP contribution in [0.2, 0.25) is 0 Å². The summed E-state index contributed by atoms with van der Waals surface area (Å²) in [7, 11) is 0. The van der Waals surface area contributed by atoms with Gasteiger partial charge in [-0.3, -0.25) is 0 Å². The molecular formula is C15H33NO. The molecule has 1 N–H and O–H groups in total. The Kier molecular flexibility index (Phi) is 12.3. The van der Waals surface area contributed by atoms with Crippen LogP contribution in [0, 0.1) is 0 Å². The summed E-state index contributed by atoms with van der Waals surface area (Å²) in [6, 6.07) is 0. The lowest BCUT2D eigenvalue weighted by Crippen LogP contribution is -2.34. The van der Waals surface area contributed by atoms with Crippen LogP contribution in [0.25, 0.3) is 0 Å². The van der Waals surface area contributed by atoms with Gasteiger partial charge in [0.05, 0.1) is 6.10 Å². The van der Waals surface area contributed by atoms with Crippen LogP contribution in [-0.4, -0.2) is 35.7 Å². The molecule has 0 saturated carbocycles. The van der Waals surface area contributed by atoms with E-state index in [9.17, 15) is 5.11 Å². The summed E-state index contributed by atoms with van der Waals surface area (Å²) in [5, 5.41) is 9.89. The first-order chi connectivity index (χ1) is 8.24. The van der Waals surface area contributed by atoms with Gasteiger partial charge in [-0.15, -0.1) is 0 Å². The molecule has 0 heterocycles. The topological polar surface area (TPSA) is 23.5 Å². The second-order valence-corrected chi connectivity index (χ2v) is 5.16. The minimum atomic E-state index is -0.122. The average molecular weight is 243 g/mol. The number of hydrogen-bond donors (Lipinski definition) is 1. The molecule has 0 spiro atoms. The van der Waals surface area contributed by atoms with E-state index in [0.717, 1.165) is 19.4 Å². The van der Waals surface area contributed by atoms with Crippen LogP contribution in [0.5, 0.6) is 0 Å². The van der Waals surface area contributed by atoms with Crippen LogP contribution in [0.15, 0.2) is 0 Å². The van der Waals surface area contributed by atoms with Gasteiger partial charge < -0.3 is 10.0 Å². The molecule has 2 nitrogen and oxygen atoms in total. The van der Waals surface area contributed by atoms with Crippen molar-refractivity contribution < 1.29 is 5.11 Å². The van der Waals surface area contributed by atoms with Gasteiger partial charge in [0.15, 0.2) is 0 Å². The Bertz CT molecular complexity index is 140. The third-order valence-corrected chi connectivity index (χ3v) is 3.25. The maximum atomic E-state index is 9.89. The van der Waals surface area contributed by atoms with Crippen LogP contribution in [0.3, 0.4) is 0 Å². The largest absolute Gasteiger partial charge is 0.392 e. The molecule has 0 aromatic carbocycles. The predicted molar refractivity (Wildman–Crippen MR) is 76.4 cm³/mol. The minimum absolute atomic E-state index is 0.122. The Morgan fingerprint density at radius 3 is 1.76 bits per heavy atom. The summed E-state index contributed by atoms with van der Waals surface area (Å²) in [4.78, 5) is 2.46. The van der Waals surface area contributed by atoms with Gasteiger partial charge in [0.25, 0.3) is 0 Å². The molecule has 1 atom stereocenters. The van der Waals surface area contributed by atoms with Crippen LogP contribution in [0.1, 0.15) is 72.1 Å². The van der Waals surface area contributed by atoms with Crippen molar-refractivity contribution in [3.8, 4) is 0 Å². The molecule has 0 rings (SSSR count). The van der Waals surface area contributed by atoms with Gasteiger partial charge in [-0.2, -0.15) is 0 Å². The molecule has 0 fully saturated rings. The average Bonchev–Trinajstić information content (AvgIpc) is 2.29. The maximum absolute atomic E-state index is 9.89. The normalized spacial score (nSPS) is 13.2. The lowest BCUT2D eigenvalue weighted by atomic mass is 10.1. The molecule has 0 aliphatic heterocycles. The number of unbranched alkanes of at least 4 members (excludes halogenated alkanes) is 4. The highest BCUT2D eigenvalue weighted by Gasteiger charge is 2.10. The van der Waals surface area contributed by atoms with Gasteiger partial charge in [-0.25, -0.2) is 0 Å². The van der Waals surface area contributed by atoms with Crippen molar-refractivity contribution in [3.63, 3.8) is 0 Å². The molecule has 1 unspecified atom stereocenters. The van der Waals surface area contributed by atoms with Crippen LogP contribution in [0.4, 0.5) is 0 Å². The van der Waals surface area contributed by atoms with Crippen LogP contribution >= 0.6 is 0 Å². The molecule has 104 valence electrons. The first-order valence-electron chi connectivity index (χ1n) is 7.64. The van der Waals surface area contributed by atoms with E-state index >= 15 is 0 Å². The van der Waals surface area contributed by atoms with Crippen molar-refractivity contribution in [1.82, 2.24) is 4.90 Å². The molecule has 17 heavy (non-hydrogen) atoms. The minimum Gasteiger partial charge on any atom is -0.392 e. The zero-order valence-corrected chi connectivity index (χ0v) is 12.2. The number of aliphatic hydroxyl groups excluding tert-OH is 1. The van der Waals surface area contributed by atoms with E-state index in [1.54, 1.807) is 0 Å². The summed E-state index contributed by atoms with van der Waals surface area (Å²) in [6.07, 6.45) is 9.64. The quantitative estimate of drug-likeness (QED) is 0.527. The lowest BCUT2D eigenvalue weighted by molar-refractivity contribution is 0.102. The maximum Gasteiger partial charge on any atom is 0.0667 e. The number of aliphatic hydroxyl groups is 1. The fraction of sp³-hybridized carbons (Fsp3) is 1.00. The summed E-state index contributed by atoms with van der Waals surface area (Å²) in [6.45, 7) is 9.83. The zero-order chi connectivity index (χ0) is 12.9. The van der Waals surface area contributed by atoms with Crippen molar-refractivity contribution in [1.29, 1.82) is 0 Å². The molecule has 0 aliphatic carbocycles. The monoisotopic (exact) mass is 243 g/mol. The standard InChI is InChI=1S/C15H33NO/c1-4-7-9-12-16(13-10-8-5-2)14-15(17)11-6-3/h15,17H,4-14H2,1-3H3. The lowest BCUT2D eigenvalue weighted by Gasteiger charge is -2.25. The predicted octanol–water partition coefficient (Wildman–Crippen LogP) is 3.83. The molecule has 0 bridgehead atoms. The fourth-order valence-electron chi connectivity index (χ4n) is 2.19. The van der Waals surface area contributed by atoms with E-state index in [0.29, 0.717) is 0 Å². The van der Waals surface area contributed by atoms with Crippen molar-refractivity contribution in [3.05, 3.63) is 0 Å². The highest BCUT2D eigenvalue weighted by atomic mass is 16.3. The van der Waals surface area contributed by atoms with E-state index in [2.05, 4.69) is 25.7 Å².